The number of likely N-dealkylation sites (N-methyl/N-ethyl adjacent to an activating group) is 1. The third-order valence-electron chi connectivity index (χ3n) is 5.42. The SMILES string of the molecule is CCn1nc(C(=O)N(C)Cc2ccco2)c2c1CCC(N(C)CC(C)C)C2. The zero-order chi connectivity index (χ0) is 19.6. The molecule has 0 aliphatic heterocycles. The second kappa shape index (κ2) is 8.30. The fourth-order valence-corrected chi connectivity index (χ4v) is 4.09. The number of carbonyl (C=O) groups is 1. The van der Waals surface area contributed by atoms with E-state index in [4.69, 9.17) is 9.52 Å². The van der Waals surface area contributed by atoms with Gasteiger partial charge < -0.3 is 14.2 Å². The Morgan fingerprint density at radius 3 is 2.81 bits per heavy atom. The maximum absolute atomic E-state index is 13.1. The summed E-state index contributed by atoms with van der Waals surface area (Å²) in [7, 11) is 4.01. The molecule has 1 amide bonds. The summed E-state index contributed by atoms with van der Waals surface area (Å²) in [6.45, 7) is 8.91. The molecule has 2 aromatic heterocycles. The molecule has 6 heteroatoms. The summed E-state index contributed by atoms with van der Waals surface area (Å²) in [6.07, 6.45) is 4.64. The quantitative estimate of drug-likeness (QED) is 0.749. The lowest BCUT2D eigenvalue weighted by Gasteiger charge is -2.32. The molecule has 0 N–H and O–H groups in total. The first-order valence-electron chi connectivity index (χ1n) is 9.97. The van der Waals surface area contributed by atoms with Crippen molar-refractivity contribution in [3.63, 3.8) is 0 Å². The highest BCUT2D eigenvalue weighted by atomic mass is 16.3. The zero-order valence-corrected chi connectivity index (χ0v) is 17.2. The number of rotatable bonds is 7. The van der Waals surface area contributed by atoms with Crippen molar-refractivity contribution in [3.8, 4) is 0 Å². The molecule has 0 saturated heterocycles. The molecule has 6 nitrogen and oxygen atoms in total. The molecule has 0 spiro atoms. The number of fused-ring (bicyclic) bond motifs is 1. The summed E-state index contributed by atoms with van der Waals surface area (Å²) in [5.74, 6) is 1.39. The largest absolute Gasteiger partial charge is 0.467 e. The van der Waals surface area contributed by atoms with Crippen molar-refractivity contribution in [2.24, 2.45) is 5.92 Å². The van der Waals surface area contributed by atoms with Crippen molar-refractivity contribution in [1.82, 2.24) is 19.6 Å². The van der Waals surface area contributed by atoms with E-state index >= 15 is 0 Å². The van der Waals surface area contributed by atoms with Crippen LogP contribution in [0, 0.1) is 5.92 Å². The maximum Gasteiger partial charge on any atom is 0.274 e. The molecule has 1 atom stereocenters. The van der Waals surface area contributed by atoms with Gasteiger partial charge in [0.1, 0.15) is 5.76 Å². The van der Waals surface area contributed by atoms with Gasteiger partial charge in [0.15, 0.2) is 5.69 Å². The molecule has 1 aliphatic rings. The van der Waals surface area contributed by atoms with E-state index in [2.05, 4.69) is 32.7 Å². The smallest absolute Gasteiger partial charge is 0.274 e. The van der Waals surface area contributed by atoms with E-state index in [0.717, 1.165) is 43.7 Å². The summed E-state index contributed by atoms with van der Waals surface area (Å²) in [5, 5.41) is 4.69. The van der Waals surface area contributed by atoms with E-state index in [0.29, 0.717) is 24.2 Å². The summed E-state index contributed by atoms with van der Waals surface area (Å²) in [4.78, 5) is 17.3. The highest BCUT2D eigenvalue weighted by molar-refractivity contribution is 5.94. The standard InChI is InChI=1S/C21H32N4O2/c1-6-25-19-10-9-16(23(4)13-15(2)3)12-18(19)20(22-25)21(26)24(5)14-17-8-7-11-27-17/h7-8,11,15-16H,6,9-10,12-14H2,1-5H3. The number of furan rings is 1. The van der Waals surface area contributed by atoms with Crippen LogP contribution < -0.4 is 0 Å². The summed E-state index contributed by atoms with van der Waals surface area (Å²) < 4.78 is 7.40. The Balaban J connectivity index is 1.82. The predicted octanol–water partition coefficient (Wildman–Crippen LogP) is 3.21. The average Bonchev–Trinajstić information content (AvgIpc) is 3.27. The molecule has 0 fully saturated rings. The normalized spacial score (nSPS) is 16.8. The molecular formula is C21H32N4O2. The van der Waals surface area contributed by atoms with Gasteiger partial charge in [-0.2, -0.15) is 5.10 Å². The Labute approximate surface area is 162 Å². The second-order valence-corrected chi connectivity index (χ2v) is 8.06. The van der Waals surface area contributed by atoms with Gasteiger partial charge in [0.25, 0.3) is 5.91 Å². The van der Waals surface area contributed by atoms with Gasteiger partial charge in [-0.1, -0.05) is 13.8 Å². The van der Waals surface area contributed by atoms with Crippen molar-refractivity contribution < 1.29 is 9.21 Å². The Bertz CT molecular complexity index is 763. The number of amides is 1. The van der Waals surface area contributed by atoms with Crippen molar-refractivity contribution in [2.75, 3.05) is 20.6 Å². The Kier molecular flexibility index (Phi) is 6.05. The van der Waals surface area contributed by atoms with Crippen molar-refractivity contribution >= 4 is 5.91 Å². The molecule has 0 aromatic carbocycles. The van der Waals surface area contributed by atoms with Crippen LogP contribution in [0.25, 0.3) is 0 Å². The van der Waals surface area contributed by atoms with E-state index in [1.165, 1.54) is 5.69 Å². The Morgan fingerprint density at radius 2 is 2.19 bits per heavy atom. The van der Waals surface area contributed by atoms with E-state index < -0.39 is 0 Å². The van der Waals surface area contributed by atoms with Crippen LogP contribution in [0.1, 0.15) is 54.7 Å². The molecule has 0 saturated carbocycles. The van der Waals surface area contributed by atoms with E-state index in [-0.39, 0.29) is 5.91 Å². The fourth-order valence-electron chi connectivity index (χ4n) is 4.09. The van der Waals surface area contributed by atoms with E-state index in [9.17, 15) is 4.79 Å². The number of nitrogens with zero attached hydrogens (tertiary/aromatic N) is 4. The Morgan fingerprint density at radius 1 is 1.41 bits per heavy atom. The lowest BCUT2D eigenvalue weighted by molar-refractivity contribution is 0.0767. The fraction of sp³-hybridized carbons (Fsp3) is 0.619. The molecule has 1 aliphatic carbocycles. The first-order valence-corrected chi connectivity index (χ1v) is 9.97. The van der Waals surface area contributed by atoms with Gasteiger partial charge in [0, 0.05) is 37.4 Å². The number of aromatic nitrogens is 2. The van der Waals surface area contributed by atoms with Gasteiger partial charge in [-0.25, -0.2) is 0 Å². The minimum Gasteiger partial charge on any atom is -0.467 e. The van der Waals surface area contributed by atoms with Crippen LogP contribution in [-0.4, -0.2) is 52.2 Å². The lowest BCUT2D eigenvalue weighted by atomic mass is 9.90. The molecular weight excluding hydrogens is 340 g/mol. The maximum atomic E-state index is 13.1. The first-order chi connectivity index (χ1) is 12.9. The van der Waals surface area contributed by atoms with Crippen LogP contribution in [0.2, 0.25) is 0 Å². The van der Waals surface area contributed by atoms with E-state index in [1.807, 2.05) is 23.9 Å². The minimum atomic E-state index is -0.0259. The molecule has 2 aromatic rings. The van der Waals surface area contributed by atoms with Crippen LogP contribution in [-0.2, 0) is 25.9 Å². The number of aryl methyl sites for hydroxylation is 1. The molecule has 2 heterocycles. The van der Waals surface area contributed by atoms with Gasteiger partial charge in [-0.05, 0) is 51.3 Å². The molecule has 3 rings (SSSR count). The first kappa shape index (κ1) is 19.7. The third-order valence-corrected chi connectivity index (χ3v) is 5.42. The van der Waals surface area contributed by atoms with Crippen molar-refractivity contribution in [1.29, 1.82) is 0 Å². The number of hydrogen-bond donors (Lipinski definition) is 0. The number of hydrogen-bond acceptors (Lipinski definition) is 4. The highest BCUT2D eigenvalue weighted by Gasteiger charge is 2.31. The van der Waals surface area contributed by atoms with Gasteiger partial charge >= 0.3 is 0 Å². The summed E-state index contributed by atoms with van der Waals surface area (Å²) >= 11 is 0. The van der Waals surface area contributed by atoms with Crippen molar-refractivity contribution in [3.05, 3.63) is 41.1 Å². The Hall–Kier alpha value is -2.08. The van der Waals surface area contributed by atoms with Crippen LogP contribution in [0.15, 0.2) is 22.8 Å². The monoisotopic (exact) mass is 372 g/mol. The third kappa shape index (κ3) is 4.26. The van der Waals surface area contributed by atoms with Gasteiger partial charge in [0.05, 0.1) is 12.8 Å². The summed E-state index contributed by atoms with van der Waals surface area (Å²) in [6, 6.07) is 4.20. The second-order valence-electron chi connectivity index (χ2n) is 8.06. The topological polar surface area (TPSA) is 54.5 Å². The molecule has 0 radical (unpaired) electrons. The molecule has 27 heavy (non-hydrogen) atoms. The van der Waals surface area contributed by atoms with Crippen LogP contribution in [0.5, 0.6) is 0 Å². The predicted molar refractivity (Wildman–Crippen MR) is 106 cm³/mol. The van der Waals surface area contributed by atoms with Crippen LogP contribution in [0.4, 0.5) is 0 Å². The number of carbonyl (C=O) groups excluding carboxylic acids is 1. The average molecular weight is 373 g/mol. The minimum absolute atomic E-state index is 0.0259. The van der Waals surface area contributed by atoms with Crippen LogP contribution >= 0.6 is 0 Å². The molecule has 0 bridgehead atoms. The highest BCUT2D eigenvalue weighted by Crippen LogP contribution is 2.28. The van der Waals surface area contributed by atoms with E-state index in [1.54, 1.807) is 11.2 Å². The van der Waals surface area contributed by atoms with Gasteiger partial charge in [-0.3, -0.25) is 9.48 Å². The molecule has 148 valence electrons. The van der Waals surface area contributed by atoms with Crippen molar-refractivity contribution in [2.45, 2.75) is 59.2 Å². The zero-order valence-electron chi connectivity index (χ0n) is 17.2. The van der Waals surface area contributed by atoms with Gasteiger partial charge in [-0.15, -0.1) is 0 Å². The summed E-state index contributed by atoms with van der Waals surface area (Å²) in [5.41, 5.74) is 2.99. The van der Waals surface area contributed by atoms with Gasteiger partial charge in [0.2, 0.25) is 0 Å². The lowest BCUT2D eigenvalue weighted by Crippen LogP contribution is -2.39. The van der Waals surface area contributed by atoms with Crippen LogP contribution in [0.3, 0.4) is 0 Å². The molecule has 1 unspecified atom stereocenters.